The highest BCUT2D eigenvalue weighted by Gasteiger charge is 2.24. The molecule has 1 amide bonds. The van der Waals surface area contributed by atoms with Crippen molar-refractivity contribution < 1.29 is 14.6 Å². The molecule has 5 nitrogen and oxygen atoms in total. The summed E-state index contributed by atoms with van der Waals surface area (Å²) in [7, 11) is 0. The number of hydrogen-bond acceptors (Lipinski definition) is 2. The summed E-state index contributed by atoms with van der Waals surface area (Å²) in [6, 6.07) is 18.6. The van der Waals surface area contributed by atoms with Gasteiger partial charge < -0.3 is 9.80 Å². The van der Waals surface area contributed by atoms with Gasteiger partial charge in [0.05, 0.1) is 6.21 Å². The summed E-state index contributed by atoms with van der Waals surface area (Å²) >= 11 is 0. The normalized spacial score (nSPS) is 20.2. The van der Waals surface area contributed by atoms with Gasteiger partial charge in [-0.15, -0.1) is 0 Å². The Balaban J connectivity index is 1.37. The molecule has 1 heterocycles. The molecule has 3 rings (SSSR count). The molecule has 3 N–H and O–H groups in total. The molecular weight excluding hydrogens is 324 g/mol. The molecule has 0 spiro atoms. The van der Waals surface area contributed by atoms with Crippen molar-refractivity contribution in [2.24, 2.45) is 5.10 Å². The van der Waals surface area contributed by atoms with E-state index in [0.717, 1.165) is 38.3 Å². The van der Waals surface area contributed by atoms with Crippen LogP contribution in [0, 0.1) is 6.92 Å². The van der Waals surface area contributed by atoms with E-state index >= 15 is 0 Å². The first-order valence-electron chi connectivity index (χ1n) is 9.29. The highest BCUT2D eigenvalue weighted by molar-refractivity contribution is 5.82. The zero-order chi connectivity index (χ0) is 18.2. The van der Waals surface area contributed by atoms with E-state index in [0.29, 0.717) is 6.54 Å². The molecule has 2 aromatic carbocycles. The van der Waals surface area contributed by atoms with Crippen molar-refractivity contribution in [1.29, 1.82) is 0 Å². The van der Waals surface area contributed by atoms with Crippen LogP contribution in [0.1, 0.15) is 16.7 Å². The number of quaternary nitrogens is 2. The molecule has 1 aliphatic heterocycles. The highest BCUT2D eigenvalue weighted by atomic mass is 16.2. The summed E-state index contributed by atoms with van der Waals surface area (Å²) in [4.78, 5) is 15.0. The van der Waals surface area contributed by atoms with Gasteiger partial charge in [-0.25, -0.2) is 5.43 Å². The lowest BCUT2D eigenvalue weighted by atomic mass is 10.1. The Hall–Kier alpha value is -2.50. The Morgan fingerprint density at radius 3 is 2.35 bits per heavy atom. The quantitative estimate of drug-likeness (QED) is 0.473. The average Bonchev–Trinajstić information content (AvgIpc) is 2.66. The van der Waals surface area contributed by atoms with E-state index in [-0.39, 0.29) is 5.91 Å². The second-order valence-corrected chi connectivity index (χ2v) is 7.04. The predicted octanol–water partition coefficient (Wildman–Crippen LogP) is -0.571. The number of hydrazone groups is 1. The zero-order valence-corrected chi connectivity index (χ0v) is 15.4. The van der Waals surface area contributed by atoms with Crippen LogP contribution in [0.15, 0.2) is 59.7 Å². The van der Waals surface area contributed by atoms with Gasteiger partial charge in [0.15, 0.2) is 6.54 Å². The van der Waals surface area contributed by atoms with Gasteiger partial charge in [-0.3, -0.25) is 4.79 Å². The minimum atomic E-state index is -0.0193. The summed E-state index contributed by atoms with van der Waals surface area (Å²) in [6.07, 6.45) is 1.68. The van der Waals surface area contributed by atoms with E-state index in [9.17, 15) is 4.79 Å². The number of nitrogens with one attached hydrogen (secondary N) is 3. The molecule has 136 valence electrons. The van der Waals surface area contributed by atoms with E-state index in [1.54, 1.807) is 11.1 Å². The van der Waals surface area contributed by atoms with Gasteiger partial charge in [-0.05, 0) is 12.5 Å². The van der Waals surface area contributed by atoms with Gasteiger partial charge in [0.1, 0.15) is 32.7 Å². The summed E-state index contributed by atoms with van der Waals surface area (Å²) in [5, 5.41) is 4.04. The van der Waals surface area contributed by atoms with Crippen LogP contribution in [0.3, 0.4) is 0 Å². The summed E-state index contributed by atoms with van der Waals surface area (Å²) in [5.41, 5.74) is 6.31. The minimum Gasteiger partial charge on any atom is -0.322 e. The number of aryl methyl sites for hydroxylation is 1. The van der Waals surface area contributed by atoms with Gasteiger partial charge in [-0.2, -0.15) is 5.10 Å². The van der Waals surface area contributed by atoms with Gasteiger partial charge in [0.2, 0.25) is 0 Å². The van der Waals surface area contributed by atoms with Crippen LogP contribution < -0.4 is 15.2 Å². The van der Waals surface area contributed by atoms with Crippen molar-refractivity contribution in [2.45, 2.75) is 13.5 Å². The van der Waals surface area contributed by atoms with Crippen LogP contribution in [0.2, 0.25) is 0 Å². The number of rotatable bonds is 6. The lowest BCUT2D eigenvalue weighted by molar-refractivity contribution is -1.02. The van der Waals surface area contributed by atoms with Crippen LogP contribution in [0.4, 0.5) is 0 Å². The van der Waals surface area contributed by atoms with E-state index < -0.39 is 0 Å². The third-order valence-corrected chi connectivity index (χ3v) is 4.85. The predicted molar refractivity (Wildman–Crippen MR) is 103 cm³/mol. The fourth-order valence-corrected chi connectivity index (χ4v) is 3.29. The standard InChI is InChI=1S/C21H26N4O/c1-18-7-9-20(10-8-18)16-24-11-13-25(14-12-24)17-21(26)23-22-15-19-5-3-2-4-6-19/h2-10,15H,11-14,16-17H2,1H3,(H,23,26)/p+2/b22-15-. The molecule has 0 radical (unpaired) electrons. The molecule has 0 saturated carbocycles. The Morgan fingerprint density at radius 2 is 1.65 bits per heavy atom. The van der Waals surface area contributed by atoms with Crippen LogP contribution in [-0.2, 0) is 11.3 Å². The van der Waals surface area contributed by atoms with Crippen LogP contribution >= 0.6 is 0 Å². The van der Waals surface area contributed by atoms with Crippen molar-refractivity contribution in [3.63, 3.8) is 0 Å². The molecule has 0 unspecified atom stereocenters. The second-order valence-electron chi connectivity index (χ2n) is 7.04. The van der Waals surface area contributed by atoms with Crippen LogP contribution in [-0.4, -0.2) is 44.8 Å². The Kier molecular flexibility index (Phi) is 6.52. The Labute approximate surface area is 155 Å². The lowest BCUT2D eigenvalue weighted by Crippen LogP contribution is -3.28. The first kappa shape index (κ1) is 18.3. The number of carbonyl (C=O) groups excluding carboxylic acids is 1. The van der Waals surface area contributed by atoms with Gasteiger partial charge in [0.25, 0.3) is 5.91 Å². The number of nitrogens with zero attached hydrogens (tertiary/aromatic N) is 1. The maximum Gasteiger partial charge on any atom is 0.295 e. The molecule has 2 aromatic rings. The fraction of sp³-hybridized carbons (Fsp3) is 0.333. The van der Waals surface area contributed by atoms with Gasteiger partial charge >= 0.3 is 0 Å². The van der Waals surface area contributed by atoms with E-state index in [2.05, 4.69) is 41.7 Å². The van der Waals surface area contributed by atoms with Crippen molar-refractivity contribution >= 4 is 12.1 Å². The molecule has 0 aliphatic carbocycles. The lowest BCUT2D eigenvalue weighted by Gasteiger charge is -2.29. The number of piperazine rings is 1. The maximum atomic E-state index is 12.1. The Bertz CT molecular complexity index is 719. The van der Waals surface area contributed by atoms with Crippen molar-refractivity contribution in [2.75, 3.05) is 32.7 Å². The molecule has 5 heteroatoms. The van der Waals surface area contributed by atoms with Crippen molar-refractivity contribution in [3.05, 3.63) is 71.3 Å². The fourth-order valence-electron chi connectivity index (χ4n) is 3.29. The smallest absolute Gasteiger partial charge is 0.295 e. The number of benzene rings is 2. The Morgan fingerprint density at radius 1 is 1.00 bits per heavy atom. The summed E-state index contributed by atoms with van der Waals surface area (Å²) in [5.74, 6) is -0.0193. The van der Waals surface area contributed by atoms with Gasteiger partial charge in [0, 0.05) is 5.56 Å². The number of amides is 1. The molecule has 0 atom stereocenters. The maximum absolute atomic E-state index is 12.1. The molecule has 1 fully saturated rings. The average molecular weight is 352 g/mol. The van der Waals surface area contributed by atoms with E-state index in [1.165, 1.54) is 16.0 Å². The van der Waals surface area contributed by atoms with Crippen LogP contribution in [0.25, 0.3) is 0 Å². The van der Waals surface area contributed by atoms with Crippen LogP contribution in [0.5, 0.6) is 0 Å². The third-order valence-electron chi connectivity index (χ3n) is 4.85. The topological polar surface area (TPSA) is 50.3 Å². The summed E-state index contributed by atoms with van der Waals surface area (Å²) in [6.45, 7) is 7.93. The highest BCUT2D eigenvalue weighted by Crippen LogP contribution is 2.01. The monoisotopic (exact) mass is 352 g/mol. The molecule has 1 aliphatic rings. The van der Waals surface area contributed by atoms with E-state index in [4.69, 9.17) is 0 Å². The molecular formula is C21H28N4O+2. The molecule has 0 bridgehead atoms. The molecule has 26 heavy (non-hydrogen) atoms. The van der Waals surface area contributed by atoms with Crippen molar-refractivity contribution in [3.8, 4) is 0 Å². The number of carbonyl (C=O) groups is 1. The zero-order valence-electron chi connectivity index (χ0n) is 15.4. The second kappa shape index (κ2) is 9.27. The largest absolute Gasteiger partial charge is 0.322 e. The first-order valence-corrected chi connectivity index (χ1v) is 9.29. The molecule has 1 saturated heterocycles. The van der Waals surface area contributed by atoms with E-state index in [1.807, 2.05) is 30.3 Å². The van der Waals surface area contributed by atoms with Gasteiger partial charge in [-0.1, -0.05) is 60.2 Å². The third kappa shape index (κ3) is 5.79. The first-order chi connectivity index (χ1) is 12.7. The summed E-state index contributed by atoms with van der Waals surface area (Å²) < 4.78 is 0. The SMILES string of the molecule is Cc1ccc(C[NH+]2CC[NH+](CC(=O)N/N=C\c3ccccc3)CC2)cc1. The minimum absolute atomic E-state index is 0.0193. The molecule has 0 aromatic heterocycles. The van der Waals surface area contributed by atoms with Crippen molar-refractivity contribution in [1.82, 2.24) is 5.43 Å². The number of hydrogen-bond donors (Lipinski definition) is 3.